The SMILES string of the molecule is CCCCOc1cccc([C@@H]2C(C(=O)OC(C)C)=C(C)Nc3nc4ccccc4n32)c1. The van der Waals surface area contributed by atoms with Gasteiger partial charge in [0.2, 0.25) is 5.95 Å². The van der Waals surface area contributed by atoms with Gasteiger partial charge in [0.05, 0.1) is 35.4 Å². The minimum absolute atomic E-state index is 0.210. The van der Waals surface area contributed by atoms with Crippen LogP contribution in [0.1, 0.15) is 52.1 Å². The summed E-state index contributed by atoms with van der Waals surface area (Å²) in [5.74, 6) is 1.18. The fourth-order valence-electron chi connectivity index (χ4n) is 3.93. The minimum Gasteiger partial charge on any atom is -0.494 e. The Morgan fingerprint density at radius 2 is 2.00 bits per heavy atom. The molecule has 0 unspecified atom stereocenters. The minimum atomic E-state index is -0.371. The van der Waals surface area contributed by atoms with Crippen molar-refractivity contribution in [1.29, 1.82) is 0 Å². The number of nitrogens with one attached hydrogen (secondary N) is 1. The van der Waals surface area contributed by atoms with E-state index < -0.39 is 0 Å². The third kappa shape index (κ3) is 4.15. The fourth-order valence-corrected chi connectivity index (χ4v) is 3.93. The first kappa shape index (κ1) is 21.0. The van der Waals surface area contributed by atoms with Crippen molar-refractivity contribution in [2.75, 3.05) is 11.9 Å². The number of carbonyl (C=O) groups is 1. The number of allylic oxidation sites excluding steroid dienone is 1. The molecule has 0 radical (unpaired) electrons. The number of benzene rings is 2. The van der Waals surface area contributed by atoms with E-state index in [0.29, 0.717) is 18.1 Å². The average molecular weight is 420 g/mol. The Morgan fingerprint density at radius 1 is 1.19 bits per heavy atom. The average Bonchev–Trinajstić information content (AvgIpc) is 3.10. The molecule has 4 rings (SSSR count). The zero-order valence-electron chi connectivity index (χ0n) is 18.5. The van der Waals surface area contributed by atoms with Crippen LogP contribution in [0.4, 0.5) is 5.95 Å². The lowest BCUT2D eigenvalue weighted by Gasteiger charge is -2.30. The molecule has 162 valence electrons. The highest BCUT2D eigenvalue weighted by molar-refractivity contribution is 5.94. The van der Waals surface area contributed by atoms with E-state index in [2.05, 4.69) is 16.8 Å². The van der Waals surface area contributed by atoms with Crippen molar-refractivity contribution < 1.29 is 14.3 Å². The maximum absolute atomic E-state index is 13.2. The second-order valence-corrected chi connectivity index (χ2v) is 8.09. The van der Waals surface area contributed by atoms with Crippen molar-refractivity contribution in [2.24, 2.45) is 0 Å². The molecule has 1 aliphatic rings. The van der Waals surface area contributed by atoms with E-state index in [0.717, 1.165) is 40.9 Å². The van der Waals surface area contributed by atoms with Gasteiger partial charge < -0.3 is 14.8 Å². The smallest absolute Gasteiger partial charge is 0.338 e. The molecule has 0 bridgehead atoms. The zero-order chi connectivity index (χ0) is 22.0. The highest BCUT2D eigenvalue weighted by atomic mass is 16.5. The summed E-state index contributed by atoms with van der Waals surface area (Å²) in [5, 5.41) is 3.31. The number of hydrogen-bond acceptors (Lipinski definition) is 5. The van der Waals surface area contributed by atoms with Gasteiger partial charge in [-0.05, 0) is 57.0 Å². The number of unbranched alkanes of at least 4 members (excludes halogenated alkanes) is 1. The Labute approximate surface area is 182 Å². The third-order valence-corrected chi connectivity index (χ3v) is 5.33. The van der Waals surface area contributed by atoms with Crippen molar-refractivity contribution in [1.82, 2.24) is 9.55 Å². The summed E-state index contributed by atoms with van der Waals surface area (Å²) in [6.07, 6.45) is 1.86. The van der Waals surface area contributed by atoms with Gasteiger partial charge in [0, 0.05) is 5.70 Å². The molecule has 6 nitrogen and oxygen atoms in total. The highest BCUT2D eigenvalue weighted by Gasteiger charge is 2.35. The number of carbonyl (C=O) groups excluding carboxylic acids is 1. The number of fused-ring (bicyclic) bond motifs is 3. The van der Waals surface area contributed by atoms with Crippen LogP contribution in [-0.2, 0) is 9.53 Å². The van der Waals surface area contributed by atoms with E-state index in [1.807, 2.05) is 69.3 Å². The molecule has 2 heterocycles. The lowest BCUT2D eigenvalue weighted by atomic mass is 9.95. The Hall–Kier alpha value is -3.28. The second kappa shape index (κ2) is 8.84. The molecule has 31 heavy (non-hydrogen) atoms. The number of imidazole rings is 1. The van der Waals surface area contributed by atoms with Crippen LogP contribution in [0, 0.1) is 0 Å². The van der Waals surface area contributed by atoms with Crippen LogP contribution < -0.4 is 10.1 Å². The summed E-state index contributed by atoms with van der Waals surface area (Å²) in [5.41, 5.74) is 4.10. The first-order chi connectivity index (χ1) is 15.0. The molecule has 0 saturated heterocycles. The van der Waals surface area contributed by atoms with E-state index in [4.69, 9.17) is 14.5 Å². The topological polar surface area (TPSA) is 65.4 Å². The lowest BCUT2D eigenvalue weighted by Crippen LogP contribution is -2.30. The summed E-state index contributed by atoms with van der Waals surface area (Å²) in [7, 11) is 0. The summed E-state index contributed by atoms with van der Waals surface area (Å²) < 4.78 is 13.6. The van der Waals surface area contributed by atoms with Gasteiger partial charge >= 0.3 is 5.97 Å². The van der Waals surface area contributed by atoms with Crippen LogP contribution in [0.5, 0.6) is 5.75 Å². The Balaban J connectivity index is 1.85. The number of hydrogen-bond donors (Lipinski definition) is 1. The quantitative estimate of drug-likeness (QED) is 0.407. The largest absolute Gasteiger partial charge is 0.494 e. The van der Waals surface area contributed by atoms with Gasteiger partial charge in [-0.3, -0.25) is 4.57 Å². The summed E-state index contributed by atoms with van der Waals surface area (Å²) in [6, 6.07) is 15.5. The van der Waals surface area contributed by atoms with Crippen LogP contribution in [-0.4, -0.2) is 28.2 Å². The first-order valence-corrected chi connectivity index (χ1v) is 10.9. The number of rotatable bonds is 7. The van der Waals surface area contributed by atoms with E-state index in [-0.39, 0.29) is 18.1 Å². The Morgan fingerprint density at radius 3 is 2.77 bits per heavy atom. The molecule has 1 atom stereocenters. The van der Waals surface area contributed by atoms with Crippen molar-refractivity contribution in [2.45, 2.75) is 52.7 Å². The van der Waals surface area contributed by atoms with Crippen molar-refractivity contribution in [3.63, 3.8) is 0 Å². The molecule has 6 heteroatoms. The first-order valence-electron chi connectivity index (χ1n) is 10.9. The van der Waals surface area contributed by atoms with E-state index in [1.54, 1.807) is 0 Å². The van der Waals surface area contributed by atoms with E-state index >= 15 is 0 Å². The van der Waals surface area contributed by atoms with Gasteiger partial charge in [-0.2, -0.15) is 0 Å². The van der Waals surface area contributed by atoms with Crippen LogP contribution in [0.15, 0.2) is 59.8 Å². The van der Waals surface area contributed by atoms with Gasteiger partial charge in [0.15, 0.2) is 0 Å². The standard InChI is InChI=1S/C25H29N3O3/c1-5-6-14-30-19-11-9-10-18(15-19)23-22(24(29)31-16(2)3)17(4)26-25-27-20-12-7-8-13-21(20)28(23)25/h7-13,15-16,23H,5-6,14H2,1-4H3,(H,26,27)/t23-/m1/s1. The zero-order valence-corrected chi connectivity index (χ0v) is 18.5. The molecule has 1 N–H and O–H groups in total. The van der Waals surface area contributed by atoms with Crippen molar-refractivity contribution in [3.8, 4) is 5.75 Å². The summed E-state index contributed by atoms with van der Waals surface area (Å²) >= 11 is 0. The second-order valence-electron chi connectivity index (χ2n) is 8.09. The molecule has 0 spiro atoms. The molecule has 2 aromatic carbocycles. The maximum atomic E-state index is 13.2. The normalized spacial score (nSPS) is 15.7. The number of aromatic nitrogens is 2. The maximum Gasteiger partial charge on any atom is 0.338 e. The highest BCUT2D eigenvalue weighted by Crippen LogP contribution is 2.40. The molecule has 3 aromatic rings. The van der Waals surface area contributed by atoms with Gasteiger partial charge in [0.25, 0.3) is 0 Å². The van der Waals surface area contributed by atoms with Gasteiger partial charge in [0.1, 0.15) is 5.75 Å². The molecule has 0 fully saturated rings. The number of anilines is 1. The number of nitrogens with zero attached hydrogens (tertiary/aromatic N) is 2. The Bertz CT molecular complexity index is 1130. The molecule has 1 aliphatic heterocycles. The number of esters is 1. The van der Waals surface area contributed by atoms with Crippen LogP contribution in [0.2, 0.25) is 0 Å². The Kier molecular flexibility index (Phi) is 5.98. The number of ether oxygens (including phenoxy) is 2. The molecular weight excluding hydrogens is 390 g/mol. The van der Waals surface area contributed by atoms with E-state index in [9.17, 15) is 4.79 Å². The van der Waals surface area contributed by atoms with Crippen LogP contribution in [0.25, 0.3) is 11.0 Å². The third-order valence-electron chi connectivity index (χ3n) is 5.33. The van der Waals surface area contributed by atoms with Crippen molar-refractivity contribution >= 4 is 23.0 Å². The monoisotopic (exact) mass is 419 g/mol. The molecule has 0 saturated carbocycles. The predicted molar refractivity (Wildman–Crippen MR) is 122 cm³/mol. The lowest BCUT2D eigenvalue weighted by molar-refractivity contribution is -0.143. The van der Waals surface area contributed by atoms with E-state index in [1.165, 1.54) is 0 Å². The molecule has 0 aliphatic carbocycles. The summed E-state index contributed by atoms with van der Waals surface area (Å²) in [4.78, 5) is 17.9. The van der Waals surface area contributed by atoms with Crippen LogP contribution >= 0.6 is 0 Å². The molecule has 1 aromatic heterocycles. The molecule has 0 amide bonds. The molecular formula is C25H29N3O3. The van der Waals surface area contributed by atoms with Crippen LogP contribution in [0.3, 0.4) is 0 Å². The predicted octanol–water partition coefficient (Wildman–Crippen LogP) is 5.46. The van der Waals surface area contributed by atoms with Gasteiger partial charge in [-0.25, -0.2) is 9.78 Å². The fraction of sp³-hybridized carbons (Fsp3) is 0.360. The van der Waals surface area contributed by atoms with Crippen molar-refractivity contribution in [3.05, 3.63) is 65.4 Å². The summed E-state index contributed by atoms with van der Waals surface area (Å²) in [6.45, 7) is 8.43. The number of para-hydroxylation sites is 2. The van der Waals surface area contributed by atoms with Gasteiger partial charge in [-0.15, -0.1) is 0 Å². The van der Waals surface area contributed by atoms with Gasteiger partial charge in [-0.1, -0.05) is 37.6 Å².